The second-order valence-corrected chi connectivity index (χ2v) is 12.2. The molecule has 31 heavy (non-hydrogen) atoms. The van der Waals surface area contributed by atoms with E-state index >= 15 is 0 Å². The van der Waals surface area contributed by atoms with Gasteiger partial charge < -0.3 is 28.7 Å². The number of nitrogens with zero attached hydrogens (tertiary/aromatic N) is 3. The van der Waals surface area contributed by atoms with Crippen LogP contribution in [0.5, 0.6) is 5.75 Å². The Kier molecular flexibility index (Phi) is 6.77. The van der Waals surface area contributed by atoms with Crippen LogP contribution in [0.25, 0.3) is 5.65 Å². The SMILES string of the molecule is O=P(O)(O)CP(=O)(O)OC[C@@H]1CCC(c2cnc3c(OC4CCCC4)cc(Cl)nn23)O1. The topological polar surface area (TPSA) is 153 Å². The molecule has 3 atom stereocenters. The summed E-state index contributed by atoms with van der Waals surface area (Å²) >= 11 is 6.20. The molecule has 0 bridgehead atoms. The van der Waals surface area contributed by atoms with E-state index in [4.69, 9.17) is 35.4 Å². The van der Waals surface area contributed by atoms with Crippen LogP contribution in [0, 0.1) is 0 Å². The molecule has 14 heteroatoms. The molecule has 0 amide bonds. The van der Waals surface area contributed by atoms with Crippen LogP contribution < -0.4 is 4.74 Å². The van der Waals surface area contributed by atoms with Crippen molar-refractivity contribution in [3.63, 3.8) is 0 Å². The highest BCUT2D eigenvalue weighted by molar-refractivity contribution is 7.70. The van der Waals surface area contributed by atoms with Gasteiger partial charge in [0.15, 0.2) is 22.5 Å². The fraction of sp³-hybridized carbons (Fsp3) is 0.647. The standard InChI is InChI=1S/C17H24ClN3O8P2/c18-16-7-15(28-11-3-1-2-4-11)17-19-8-13(21(17)20-16)14-6-5-12(29-14)9-27-31(25,26)10-30(22,23)24/h7-8,11-12,14H,1-6,9-10H2,(H,25,26)(H2,22,23,24)/t12-,14?/m0/s1. The van der Waals surface area contributed by atoms with Crippen LogP contribution in [0.4, 0.5) is 0 Å². The maximum atomic E-state index is 11.8. The minimum Gasteiger partial charge on any atom is -0.486 e. The van der Waals surface area contributed by atoms with E-state index in [1.165, 1.54) is 0 Å². The van der Waals surface area contributed by atoms with E-state index < -0.39 is 33.3 Å². The lowest BCUT2D eigenvalue weighted by Gasteiger charge is -2.17. The van der Waals surface area contributed by atoms with Crippen molar-refractivity contribution in [2.45, 2.75) is 56.8 Å². The lowest BCUT2D eigenvalue weighted by Crippen LogP contribution is -2.15. The van der Waals surface area contributed by atoms with Crippen LogP contribution in [-0.2, 0) is 18.4 Å². The van der Waals surface area contributed by atoms with Crippen LogP contribution in [0.2, 0.25) is 5.15 Å². The fourth-order valence-electron chi connectivity index (χ4n) is 3.94. The maximum absolute atomic E-state index is 11.8. The Hall–Kier alpha value is -1.03. The zero-order valence-electron chi connectivity index (χ0n) is 16.5. The van der Waals surface area contributed by atoms with Gasteiger partial charge in [0.25, 0.3) is 0 Å². The molecular formula is C17H24ClN3O8P2. The molecule has 2 aromatic rings. The predicted molar refractivity (Wildman–Crippen MR) is 110 cm³/mol. The number of hydrogen-bond acceptors (Lipinski definition) is 7. The van der Waals surface area contributed by atoms with Gasteiger partial charge in [-0.1, -0.05) is 11.6 Å². The van der Waals surface area contributed by atoms with Crippen LogP contribution >= 0.6 is 26.8 Å². The van der Waals surface area contributed by atoms with Crippen molar-refractivity contribution in [2.24, 2.45) is 0 Å². The van der Waals surface area contributed by atoms with Gasteiger partial charge in [-0.3, -0.25) is 9.13 Å². The van der Waals surface area contributed by atoms with Crippen molar-refractivity contribution in [3.05, 3.63) is 23.1 Å². The quantitative estimate of drug-likeness (QED) is 0.465. The Morgan fingerprint density at radius 3 is 2.65 bits per heavy atom. The summed E-state index contributed by atoms with van der Waals surface area (Å²) in [5.74, 6) is -0.662. The number of ether oxygens (including phenoxy) is 2. The Labute approximate surface area is 183 Å². The highest BCUT2D eigenvalue weighted by atomic mass is 35.5. The third-order valence-corrected chi connectivity index (χ3v) is 8.93. The summed E-state index contributed by atoms with van der Waals surface area (Å²) in [5.41, 5.74) is 1.20. The van der Waals surface area contributed by atoms with Gasteiger partial charge in [-0.05, 0) is 38.5 Å². The number of aromatic nitrogens is 3. The second kappa shape index (κ2) is 9.08. The molecule has 3 heterocycles. The summed E-state index contributed by atoms with van der Waals surface area (Å²) in [5, 5.41) is 4.58. The molecule has 1 aliphatic heterocycles. The molecule has 1 saturated heterocycles. The molecular weight excluding hydrogens is 472 g/mol. The lowest BCUT2D eigenvalue weighted by molar-refractivity contribution is 0.0124. The molecule has 172 valence electrons. The van der Waals surface area contributed by atoms with Gasteiger partial charge in [-0.25, -0.2) is 9.50 Å². The van der Waals surface area contributed by atoms with Crippen molar-refractivity contribution in [2.75, 3.05) is 12.5 Å². The summed E-state index contributed by atoms with van der Waals surface area (Å²) in [6.45, 7) is -0.259. The molecule has 0 spiro atoms. The minimum absolute atomic E-state index is 0.133. The molecule has 2 fully saturated rings. The van der Waals surface area contributed by atoms with E-state index in [2.05, 4.69) is 10.1 Å². The Balaban J connectivity index is 1.44. The lowest BCUT2D eigenvalue weighted by atomic mass is 10.1. The molecule has 1 saturated carbocycles. The molecule has 0 aromatic carbocycles. The van der Waals surface area contributed by atoms with E-state index in [0.29, 0.717) is 29.9 Å². The first kappa shape index (κ1) is 23.1. The number of imidazole rings is 1. The monoisotopic (exact) mass is 495 g/mol. The zero-order chi connectivity index (χ0) is 22.2. The van der Waals surface area contributed by atoms with Gasteiger partial charge in [-0.15, -0.1) is 0 Å². The fourth-order valence-corrected chi connectivity index (χ4v) is 6.70. The van der Waals surface area contributed by atoms with E-state index in [0.717, 1.165) is 25.7 Å². The van der Waals surface area contributed by atoms with Crippen molar-refractivity contribution in [1.82, 2.24) is 14.6 Å². The average molecular weight is 496 g/mol. The summed E-state index contributed by atoms with van der Waals surface area (Å²) in [6, 6.07) is 1.65. The van der Waals surface area contributed by atoms with E-state index in [9.17, 15) is 14.0 Å². The Bertz CT molecular complexity index is 1040. The number of fused-ring (bicyclic) bond motifs is 1. The van der Waals surface area contributed by atoms with Gasteiger partial charge in [0.05, 0.1) is 30.7 Å². The third kappa shape index (κ3) is 5.86. The first-order valence-electron chi connectivity index (χ1n) is 9.97. The highest BCUT2D eigenvalue weighted by Crippen LogP contribution is 2.55. The number of halogens is 1. The summed E-state index contributed by atoms with van der Waals surface area (Å²) in [4.78, 5) is 31.8. The first-order chi connectivity index (χ1) is 14.6. The van der Waals surface area contributed by atoms with Crippen molar-refractivity contribution in [3.8, 4) is 5.75 Å². The zero-order valence-corrected chi connectivity index (χ0v) is 19.1. The predicted octanol–water partition coefficient (Wildman–Crippen LogP) is 3.26. The smallest absolute Gasteiger partial charge is 0.340 e. The molecule has 11 nitrogen and oxygen atoms in total. The van der Waals surface area contributed by atoms with Crippen molar-refractivity contribution in [1.29, 1.82) is 0 Å². The molecule has 2 aliphatic rings. The van der Waals surface area contributed by atoms with E-state index in [1.54, 1.807) is 16.8 Å². The largest absolute Gasteiger partial charge is 0.486 e. The third-order valence-electron chi connectivity index (χ3n) is 5.29. The Morgan fingerprint density at radius 2 is 1.94 bits per heavy atom. The van der Waals surface area contributed by atoms with Gasteiger partial charge in [0.1, 0.15) is 6.10 Å². The second-order valence-electron chi connectivity index (χ2n) is 7.84. The van der Waals surface area contributed by atoms with E-state index in [1.807, 2.05) is 0 Å². The normalized spacial score (nSPS) is 24.6. The van der Waals surface area contributed by atoms with E-state index in [-0.39, 0.29) is 17.9 Å². The van der Waals surface area contributed by atoms with Gasteiger partial charge >= 0.3 is 15.2 Å². The molecule has 0 radical (unpaired) electrons. The molecule has 1 aliphatic carbocycles. The molecule has 3 N–H and O–H groups in total. The average Bonchev–Trinajstić information content (AvgIpc) is 3.38. The molecule has 2 unspecified atom stereocenters. The van der Waals surface area contributed by atoms with Crippen LogP contribution in [0.1, 0.15) is 50.3 Å². The van der Waals surface area contributed by atoms with Crippen LogP contribution in [0.15, 0.2) is 12.3 Å². The highest BCUT2D eigenvalue weighted by Gasteiger charge is 2.35. The van der Waals surface area contributed by atoms with Crippen LogP contribution in [0.3, 0.4) is 0 Å². The van der Waals surface area contributed by atoms with Gasteiger partial charge in [-0.2, -0.15) is 5.10 Å². The number of hydrogen-bond donors (Lipinski definition) is 3. The molecule has 2 aromatic heterocycles. The van der Waals surface area contributed by atoms with Gasteiger partial charge in [0, 0.05) is 6.07 Å². The first-order valence-corrected chi connectivity index (χ1v) is 13.9. The van der Waals surface area contributed by atoms with Gasteiger partial charge in [0.2, 0.25) is 0 Å². The van der Waals surface area contributed by atoms with Crippen molar-refractivity contribution >= 4 is 32.4 Å². The minimum atomic E-state index is -4.67. The summed E-state index contributed by atoms with van der Waals surface area (Å²) in [6.07, 6.45) is 6.22. The Morgan fingerprint density at radius 1 is 1.19 bits per heavy atom. The molecule has 4 rings (SSSR count). The van der Waals surface area contributed by atoms with Crippen LogP contribution in [-0.4, -0.2) is 54.0 Å². The number of rotatable bonds is 8. The summed E-state index contributed by atoms with van der Waals surface area (Å²) < 4.78 is 41.2. The summed E-state index contributed by atoms with van der Waals surface area (Å²) in [7, 11) is -9.09. The maximum Gasteiger partial charge on any atom is 0.340 e. The van der Waals surface area contributed by atoms with Crippen molar-refractivity contribution < 1.29 is 37.8 Å².